The predicted octanol–water partition coefficient (Wildman–Crippen LogP) is 1.04. The summed E-state index contributed by atoms with van der Waals surface area (Å²) in [4.78, 5) is 49.2. The lowest BCUT2D eigenvalue weighted by Crippen LogP contribution is -2.56. The number of nitrogens with one attached hydrogen (secondary N) is 3. The highest BCUT2D eigenvalue weighted by Crippen LogP contribution is 2.34. The van der Waals surface area contributed by atoms with Gasteiger partial charge < -0.3 is 26.0 Å². The van der Waals surface area contributed by atoms with Crippen LogP contribution >= 0.6 is 0 Å². The average Bonchev–Trinajstić information content (AvgIpc) is 3.33. The van der Waals surface area contributed by atoms with Crippen LogP contribution in [-0.2, 0) is 35.4 Å². The Kier molecular flexibility index (Phi) is 9.82. The molecule has 1 aliphatic carbocycles. The van der Waals surface area contributed by atoms with Crippen molar-refractivity contribution in [2.75, 3.05) is 12.8 Å². The number of hydrogen-bond donors (Lipinski definition) is 4. The molecule has 0 bridgehead atoms. The van der Waals surface area contributed by atoms with Crippen LogP contribution in [0.4, 0.5) is 13.2 Å². The third kappa shape index (κ3) is 7.11. The van der Waals surface area contributed by atoms with Gasteiger partial charge in [0.2, 0.25) is 17.7 Å². The number of carboxylic acid groups (broad SMARTS) is 1. The number of carbonyl (C=O) groups is 4. The summed E-state index contributed by atoms with van der Waals surface area (Å²) in [6.45, 7) is 1.66. The van der Waals surface area contributed by atoms with E-state index >= 15 is 0 Å². The maximum Gasteiger partial charge on any atom is 0.490 e. The van der Waals surface area contributed by atoms with Gasteiger partial charge in [-0.05, 0) is 63.6 Å². The first-order chi connectivity index (χ1) is 18.7. The summed E-state index contributed by atoms with van der Waals surface area (Å²) in [6.07, 6.45) is -1.87. The normalized spacial score (nSPS) is 26.2. The van der Waals surface area contributed by atoms with Gasteiger partial charge in [0.1, 0.15) is 17.5 Å². The maximum atomic E-state index is 13.4. The molecule has 4 N–H and O–H groups in total. The molecule has 2 aliphatic heterocycles. The van der Waals surface area contributed by atoms with Crippen LogP contribution in [0, 0.1) is 0 Å². The number of amides is 3. The molecule has 15 heteroatoms. The number of aliphatic carboxylic acids is 1. The number of halogens is 3. The van der Waals surface area contributed by atoms with E-state index in [9.17, 15) is 36.0 Å². The third-order valence-corrected chi connectivity index (χ3v) is 9.46. The molecular weight excluding hydrogens is 557 g/mol. The van der Waals surface area contributed by atoms with Gasteiger partial charge in [-0.3, -0.25) is 14.4 Å². The quantitative estimate of drug-likeness (QED) is 0.396. The molecule has 2 saturated heterocycles. The van der Waals surface area contributed by atoms with E-state index in [1.807, 2.05) is 18.2 Å². The summed E-state index contributed by atoms with van der Waals surface area (Å²) in [5.41, 5.74) is 2.28. The molecule has 40 heavy (non-hydrogen) atoms. The smallest absolute Gasteiger partial charge is 0.475 e. The summed E-state index contributed by atoms with van der Waals surface area (Å²) < 4.78 is 57.6. The Morgan fingerprint density at radius 3 is 2.33 bits per heavy atom. The number of nitrogens with zero attached hydrogens (tertiary/aromatic N) is 1. The van der Waals surface area contributed by atoms with Crippen molar-refractivity contribution in [3.63, 3.8) is 0 Å². The zero-order valence-corrected chi connectivity index (χ0v) is 22.8. The van der Waals surface area contributed by atoms with Gasteiger partial charge in [0.05, 0.1) is 17.8 Å². The van der Waals surface area contributed by atoms with E-state index in [1.54, 1.807) is 14.0 Å². The SMILES string of the molecule is CN[C@@H](C)C(=O)N[C@H]1CCS(=O)(=O)[C@H]2CC[C@@H](C(=O)N[C@@H]3CCCc4ccccc43)N2C1=O.O=C(O)C(F)(F)F. The minimum atomic E-state index is -5.08. The number of hydrogen-bond acceptors (Lipinski definition) is 7. The molecule has 0 unspecified atom stereocenters. The van der Waals surface area contributed by atoms with E-state index < -0.39 is 51.4 Å². The molecule has 5 atom stereocenters. The Morgan fingerprint density at radius 2 is 1.70 bits per heavy atom. The largest absolute Gasteiger partial charge is 0.490 e. The van der Waals surface area contributed by atoms with Gasteiger partial charge >= 0.3 is 12.1 Å². The molecule has 2 heterocycles. The highest BCUT2D eigenvalue weighted by molar-refractivity contribution is 7.92. The van der Waals surface area contributed by atoms with Crippen molar-refractivity contribution < 1.29 is 45.9 Å². The molecular formula is C25H33F3N4O7S. The van der Waals surface area contributed by atoms with Crippen molar-refractivity contribution in [2.24, 2.45) is 0 Å². The van der Waals surface area contributed by atoms with Crippen molar-refractivity contribution in [1.82, 2.24) is 20.9 Å². The first kappa shape index (κ1) is 31.3. The number of aryl methyl sites for hydroxylation is 1. The lowest BCUT2D eigenvalue weighted by molar-refractivity contribution is -0.192. The van der Waals surface area contributed by atoms with Gasteiger partial charge in [-0.1, -0.05) is 24.3 Å². The molecule has 0 spiro atoms. The zero-order valence-electron chi connectivity index (χ0n) is 22.0. The first-order valence-corrected chi connectivity index (χ1v) is 14.6. The van der Waals surface area contributed by atoms with Crippen LogP contribution in [0.1, 0.15) is 56.2 Å². The summed E-state index contributed by atoms with van der Waals surface area (Å²) in [7, 11) is -1.99. The van der Waals surface area contributed by atoms with Crippen LogP contribution in [0.25, 0.3) is 0 Å². The molecule has 0 aromatic heterocycles. The molecule has 3 amide bonds. The molecule has 11 nitrogen and oxygen atoms in total. The van der Waals surface area contributed by atoms with Gasteiger partial charge in [-0.25, -0.2) is 13.2 Å². The molecule has 1 aromatic rings. The van der Waals surface area contributed by atoms with E-state index in [-0.39, 0.29) is 42.9 Å². The van der Waals surface area contributed by atoms with Crippen LogP contribution in [0.2, 0.25) is 0 Å². The van der Waals surface area contributed by atoms with E-state index in [1.165, 1.54) is 10.5 Å². The maximum absolute atomic E-state index is 13.4. The summed E-state index contributed by atoms with van der Waals surface area (Å²) in [5, 5.41) is 14.7. The number of rotatable bonds is 5. The second-order valence-corrected chi connectivity index (χ2v) is 12.3. The van der Waals surface area contributed by atoms with Gasteiger partial charge in [-0.15, -0.1) is 0 Å². The van der Waals surface area contributed by atoms with Crippen LogP contribution in [0.5, 0.6) is 0 Å². The number of likely N-dealkylation sites (N-methyl/N-ethyl adjacent to an activating group) is 1. The minimum Gasteiger partial charge on any atom is -0.475 e. The summed E-state index contributed by atoms with van der Waals surface area (Å²) in [5.74, 6) is -4.18. The highest BCUT2D eigenvalue weighted by atomic mass is 32.2. The monoisotopic (exact) mass is 590 g/mol. The molecule has 1 aromatic carbocycles. The Balaban J connectivity index is 0.000000559. The average molecular weight is 591 g/mol. The number of sulfone groups is 1. The van der Waals surface area contributed by atoms with E-state index in [0.717, 1.165) is 24.8 Å². The molecule has 222 valence electrons. The lowest BCUT2D eigenvalue weighted by Gasteiger charge is -2.32. The topological polar surface area (TPSA) is 162 Å². The zero-order chi connectivity index (χ0) is 29.8. The molecule has 2 fully saturated rings. The Bertz CT molecular complexity index is 1240. The number of carboxylic acids is 1. The number of carbonyl (C=O) groups excluding carboxylic acids is 3. The number of fused-ring (bicyclic) bond motifs is 2. The van der Waals surface area contributed by atoms with Crippen LogP contribution in [-0.4, -0.2) is 84.6 Å². The van der Waals surface area contributed by atoms with Crippen LogP contribution in [0.3, 0.4) is 0 Å². The van der Waals surface area contributed by atoms with Gasteiger partial charge in [-0.2, -0.15) is 13.2 Å². The van der Waals surface area contributed by atoms with Gasteiger partial charge in [0.15, 0.2) is 9.84 Å². The minimum absolute atomic E-state index is 0.000675. The van der Waals surface area contributed by atoms with Crippen LogP contribution < -0.4 is 16.0 Å². The van der Waals surface area contributed by atoms with Crippen molar-refractivity contribution in [3.05, 3.63) is 35.4 Å². The highest BCUT2D eigenvalue weighted by Gasteiger charge is 2.51. The van der Waals surface area contributed by atoms with Crippen molar-refractivity contribution >= 4 is 33.5 Å². The lowest BCUT2D eigenvalue weighted by atomic mass is 9.87. The summed E-state index contributed by atoms with van der Waals surface area (Å²) >= 11 is 0. The second-order valence-electron chi connectivity index (χ2n) is 9.98. The van der Waals surface area contributed by atoms with Gasteiger partial charge in [0, 0.05) is 0 Å². The second kappa shape index (κ2) is 12.5. The Morgan fingerprint density at radius 1 is 1.05 bits per heavy atom. The number of alkyl halides is 3. The third-order valence-electron chi connectivity index (χ3n) is 7.37. The predicted molar refractivity (Wildman–Crippen MR) is 136 cm³/mol. The molecule has 0 saturated carbocycles. The van der Waals surface area contributed by atoms with E-state index in [0.29, 0.717) is 0 Å². The fourth-order valence-electron chi connectivity index (χ4n) is 5.14. The van der Waals surface area contributed by atoms with Crippen molar-refractivity contribution in [3.8, 4) is 0 Å². The molecule has 0 radical (unpaired) electrons. The first-order valence-electron chi connectivity index (χ1n) is 12.9. The Hall–Kier alpha value is -3.20. The Labute approximate surface area is 229 Å². The number of benzene rings is 1. The summed E-state index contributed by atoms with van der Waals surface area (Å²) in [6, 6.07) is 5.46. The fraction of sp³-hybridized carbons (Fsp3) is 0.600. The van der Waals surface area contributed by atoms with E-state index in [4.69, 9.17) is 9.90 Å². The van der Waals surface area contributed by atoms with Crippen molar-refractivity contribution in [2.45, 2.75) is 81.2 Å². The van der Waals surface area contributed by atoms with Gasteiger partial charge in [0.25, 0.3) is 0 Å². The molecule has 4 rings (SSSR count). The van der Waals surface area contributed by atoms with Crippen LogP contribution in [0.15, 0.2) is 24.3 Å². The van der Waals surface area contributed by atoms with Crippen molar-refractivity contribution in [1.29, 1.82) is 0 Å². The standard InChI is InChI=1S/C23H32N4O5S.C2HF3O2/c1-14(24-2)21(28)26-18-12-13-33(31,32)20-11-10-19(27(20)23(18)30)22(29)25-17-9-5-7-15-6-3-4-8-16(15)17;3-2(4,5)1(6)7/h3-4,6,8,14,17-20,24H,5,7,9-13H2,1-2H3,(H,25,29)(H,26,28);(H,6,7)/t14-,17+,18-,19-,20-;/m0./s1. The van der Waals surface area contributed by atoms with E-state index in [2.05, 4.69) is 22.0 Å². The molecule has 3 aliphatic rings. The fourth-order valence-corrected chi connectivity index (χ4v) is 7.07.